The van der Waals surface area contributed by atoms with Crippen LogP contribution in [-0.4, -0.2) is 40.3 Å². The van der Waals surface area contributed by atoms with Gasteiger partial charge in [0.2, 0.25) is 0 Å². The fourth-order valence-electron chi connectivity index (χ4n) is 2.48. The van der Waals surface area contributed by atoms with Crippen molar-refractivity contribution in [1.82, 2.24) is 0 Å². The molecule has 0 aliphatic rings. The van der Waals surface area contributed by atoms with E-state index in [1.807, 2.05) is 0 Å². The molecule has 0 amide bonds. The summed E-state index contributed by atoms with van der Waals surface area (Å²) in [7, 11) is 6.14. The van der Waals surface area contributed by atoms with Gasteiger partial charge in [0.25, 0.3) is 0 Å². The van der Waals surface area contributed by atoms with Crippen molar-refractivity contribution < 1.29 is 28.8 Å². The van der Waals surface area contributed by atoms with Crippen LogP contribution in [0.4, 0.5) is 0 Å². The Hall–Kier alpha value is -2.44. The molecule has 0 spiro atoms. The monoisotopic (exact) mass is 334 g/mol. The minimum Gasteiger partial charge on any atom is -0.493 e. The maximum absolute atomic E-state index is 10.9. The van der Waals surface area contributed by atoms with Gasteiger partial charge in [-0.1, -0.05) is 24.3 Å². The van der Waals surface area contributed by atoms with Crippen LogP contribution in [0.5, 0.6) is 23.0 Å². The van der Waals surface area contributed by atoms with Crippen LogP contribution >= 0.6 is 0 Å². The van der Waals surface area contributed by atoms with Crippen LogP contribution in [0.2, 0.25) is 0 Å². The van der Waals surface area contributed by atoms with E-state index in [-0.39, 0.29) is 6.79 Å². The minimum atomic E-state index is -0.989. The highest BCUT2D eigenvalue weighted by Crippen LogP contribution is 2.42. The molecule has 24 heavy (non-hydrogen) atoms. The predicted octanol–water partition coefficient (Wildman–Crippen LogP) is 2.78. The number of ether oxygens (including phenoxy) is 5. The number of aliphatic hydroxyl groups excluding tert-OH is 1. The van der Waals surface area contributed by atoms with Crippen molar-refractivity contribution in [3.63, 3.8) is 0 Å². The van der Waals surface area contributed by atoms with E-state index in [0.29, 0.717) is 34.1 Å². The van der Waals surface area contributed by atoms with Crippen molar-refractivity contribution in [2.75, 3.05) is 35.2 Å². The van der Waals surface area contributed by atoms with Gasteiger partial charge in [0.05, 0.1) is 21.3 Å². The standard InChI is InChI=1S/C18H22O6/c1-20-11-24-18-13(8-6-10-15(18)22-3)16(19)12-7-5-9-14(21-2)17(12)23-4/h5-10,16,19H,11H2,1-4H3. The van der Waals surface area contributed by atoms with Gasteiger partial charge in [-0.15, -0.1) is 0 Å². The number of benzene rings is 2. The Morgan fingerprint density at radius 1 is 0.792 bits per heavy atom. The molecule has 130 valence electrons. The smallest absolute Gasteiger partial charge is 0.188 e. The zero-order valence-electron chi connectivity index (χ0n) is 14.2. The molecular weight excluding hydrogens is 312 g/mol. The summed E-state index contributed by atoms with van der Waals surface area (Å²) in [5.74, 6) is 1.93. The third-order valence-electron chi connectivity index (χ3n) is 3.57. The van der Waals surface area contributed by atoms with Gasteiger partial charge >= 0.3 is 0 Å². The van der Waals surface area contributed by atoms with Crippen LogP contribution < -0.4 is 18.9 Å². The van der Waals surface area contributed by atoms with E-state index in [2.05, 4.69) is 0 Å². The average Bonchev–Trinajstić information content (AvgIpc) is 2.64. The van der Waals surface area contributed by atoms with E-state index in [9.17, 15) is 5.11 Å². The largest absolute Gasteiger partial charge is 0.493 e. The predicted molar refractivity (Wildman–Crippen MR) is 89.1 cm³/mol. The van der Waals surface area contributed by atoms with Crippen LogP contribution in [-0.2, 0) is 4.74 Å². The quantitative estimate of drug-likeness (QED) is 0.749. The van der Waals surface area contributed by atoms with E-state index >= 15 is 0 Å². The molecule has 2 aromatic carbocycles. The Kier molecular flexibility index (Phi) is 6.28. The zero-order valence-corrected chi connectivity index (χ0v) is 14.2. The number of rotatable bonds is 8. The first-order valence-electron chi connectivity index (χ1n) is 7.35. The summed E-state index contributed by atoms with van der Waals surface area (Å²) in [5.41, 5.74) is 1.10. The zero-order chi connectivity index (χ0) is 17.5. The van der Waals surface area contributed by atoms with Gasteiger partial charge in [0, 0.05) is 18.2 Å². The van der Waals surface area contributed by atoms with Crippen LogP contribution in [0, 0.1) is 0 Å². The first kappa shape index (κ1) is 17.9. The fraction of sp³-hybridized carbons (Fsp3) is 0.333. The highest BCUT2D eigenvalue weighted by molar-refractivity contribution is 5.54. The van der Waals surface area contributed by atoms with E-state index in [4.69, 9.17) is 23.7 Å². The molecule has 0 aliphatic heterocycles. The van der Waals surface area contributed by atoms with E-state index in [1.54, 1.807) is 43.5 Å². The van der Waals surface area contributed by atoms with Crippen LogP contribution in [0.25, 0.3) is 0 Å². The number of methoxy groups -OCH3 is 4. The lowest BCUT2D eigenvalue weighted by Gasteiger charge is -2.21. The summed E-state index contributed by atoms with van der Waals surface area (Å²) in [6, 6.07) is 10.6. The molecule has 0 saturated heterocycles. The van der Waals surface area contributed by atoms with Gasteiger partial charge in [0.15, 0.2) is 29.8 Å². The number of para-hydroxylation sites is 2. The van der Waals surface area contributed by atoms with Gasteiger partial charge in [-0.2, -0.15) is 0 Å². The molecule has 0 radical (unpaired) electrons. The van der Waals surface area contributed by atoms with Gasteiger partial charge < -0.3 is 28.8 Å². The molecule has 0 saturated carbocycles. The average molecular weight is 334 g/mol. The topological polar surface area (TPSA) is 66.4 Å². The molecule has 6 heteroatoms. The summed E-state index contributed by atoms with van der Waals surface area (Å²) < 4.78 is 26.6. The summed E-state index contributed by atoms with van der Waals surface area (Å²) >= 11 is 0. The SMILES string of the molecule is COCOc1c(OC)cccc1C(O)c1cccc(OC)c1OC. The summed E-state index contributed by atoms with van der Waals surface area (Å²) in [4.78, 5) is 0. The number of hydrogen-bond donors (Lipinski definition) is 1. The molecule has 2 rings (SSSR count). The normalized spacial score (nSPS) is 11.7. The van der Waals surface area contributed by atoms with Crippen LogP contribution in [0.15, 0.2) is 36.4 Å². The molecule has 6 nitrogen and oxygen atoms in total. The maximum atomic E-state index is 10.9. The summed E-state index contributed by atoms with van der Waals surface area (Å²) in [6.45, 7) is 0.0370. The van der Waals surface area contributed by atoms with E-state index in [1.165, 1.54) is 21.3 Å². The summed E-state index contributed by atoms with van der Waals surface area (Å²) in [6.07, 6.45) is -0.989. The number of hydrogen-bond acceptors (Lipinski definition) is 6. The Morgan fingerprint density at radius 3 is 1.83 bits per heavy atom. The van der Waals surface area contributed by atoms with Gasteiger partial charge in [-0.3, -0.25) is 0 Å². The Bertz CT molecular complexity index is 671. The second-order valence-corrected chi connectivity index (χ2v) is 4.91. The highest BCUT2D eigenvalue weighted by atomic mass is 16.7. The third kappa shape index (κ3) is 3.55. The molecule has 2 aromatic rings. The Balaban J connectivity index is 2.52. The molecule has 0 aromatic heterocycles. The number of aliphatic hydroxyl groups is 1. The van der Waals surface area contributed by atoms with Gasteiger partial charge in [-0.25, -0.2) is 0 Å². The lowest BCUT2D eigenvalue weighted by molar-refractivity contribution is 0.0467. The van der Waals surface area contributed by atoms with E-state index in [0.717, 1.165) is 0 Å². The first-order valence-corrected chi connectivity index (χ1v) is 7.35. The lowest BCUT2D eigenvalue weighted by atomic mass is 9.99. The highest BCUT2D eigenvalue weighted by Gasteiger charge is 2.23. The van der Waals surface area contributed by atoms with Crippen LogP contribution in [0.3, 0.4) is 0 Å². The van der Waals surface area contributed by atoms with Crippen LogP contribution in [0.1, 0.15) is 17.2 Å². The summed E-state index contributed by atoms with van der Waals surface area (Å²) in [5, 5.41) is 10.9. The van der Waals surface area contributed by atoms with Crippen molar-refractivity contribution in [3.8, 4) is 23.0 Å². The third-order valence-corrected chi connectivity index (χ3v) is 3.57. The van der Waals surface area contributed by atoms with Crippen molar-refractivity contribution in [3.05, 3.63) is 47.5 Å². The molecule has 0 aliphatic carbocycles. The Morgan fingerprint density at radius 2 is 1.33 bits per heavy atom. The molecule has 0 bridgehead atoms. The van der Waals surface area contributed by atoms with Gasteiger partial charge in [0.1, 0.15) is 6.10 Å². The second kappa shape index (κ2) is 8.42. The van der Waals surface area contributed by atoms with Crippen molar-refractivity contribution in [1.29, 1.82) is 0 Å². The molecule has 1 atom stereocenters. The molecule has 0 fully saturated rings. The van der Waals surface area contributed by atoms with Crippen molar-refractivity contribution in [2.24, 2.45) is 0 Å². The Labute approximate surface area is 141 Å². The fourth-order valence-corrected chi connectivity index (χ4v) is 2.48. The molecule has 1 unspecified atom stereocenters. The lowest BCUT2D eigenvalue weighted by Crippen LogP contribution is -2.09. The minimum absolute atomic E-state index is 0.0370. The maximum Gasteiger partial charge on any atom is 0.188 e. The first-order chi connectivity index (χ1) is 11.7. The van der Waals surface area contributed by atoms with Crippen molar-refractivity contribution >= 4 is 0 Å². The van der Waals surface area contributed by atoms with Crippen molar-refractivity contribution in [2.45, 2.75) is 6.10 Å². The molecule has 1 N–H and O–H groups in total. The van der Waals surface area contributed by atoms with E-state index < -0.39 is 6.10 Å². The van der Waals surface area contributed by atoms with Gasteiger partial charge in [-0.05, 0) is 12.1 Å². The molecule has 0 heterocycles. The second-order valence-electron chi connectivity index (χ2n) is 4.91. The molecular formula is C18H22O6.